The van der Waals surface area contributed by atoms with Crippen LogP contribution in [0, 0.1) is 12.7 Å². The Balaban J connectivity index is 2.23. The Morgan fingerprint density at radius 2 is 2.22 bits per heavy atom. The SMILES string of the molecule is Cc1ccc(F)cc1C(=O)N1CCC(N)CC1C. The third-order valence-corrected chi connectivity index (χ3v) is 3.61. The number of piperidine rings is 1. The molecule has 0 radical (unpaired) electrons. The summed E-state index contributed by atoms with van der Waals surface area (Å²) >= 11 is 0. The van der Waals surface area contributed by atoms with Crippen molar-refractivity contribution < 1.29 is 9.18 Å². The first-order chi connectivity index (χ1) is 8.49. The molecule has 3 nitrogen and oxygen atoms in total. The van der Waals surface area contributed by atoms with Crippen molar-refractivity contribution in [2.45, 2.75) is 38.8 Å². The number of nitrogens with two attached hydrogens (primary N) is 1. The number of halogens is 1. The smallest absolute Gasteiger partial charge is 0.254 e. The summed E-state index contributed by atoms with van der Waals surface area (Å²) < 4.78 is 13.2. The van der Waals surface area contributed by atoms with Gasteiger partial charge in [-0.15, -0.1) is 0 Å². The van der Waals surface area contributed by atoms with Gasteiger partial charge in [-0.25, -0.2) is 4.39 Å². The van der Waals surface area contributed by atoms with E-state index in [1.165, 1.54) is 12.1 Å². The lowest BCUT2D eigenvalue weighted by molar-refractivity contribution is 0.0618. The van der Waals surface area contributed by atoms with Crippen molar-refractivity contribution in [1.29, 1.82) is 0 Å². The Labute approximate surface area is 107 Å². The summed E-state index contributed by atoms with van der Waals surface area (Å²) in [5.41, 5.74) is 7.15. The van der Waals surface area contributed by atoms with E-state index < -0.39 is 0 Å². The minimum Gasteiger partial charge on any atom is -0.336 e. The van der Waals surface area contributed by atoms with Crippen molar-refractivity contribution in [3.05, 3.63) is 35.1 Å². The second-order valence-corrected chi connectivity index (χ2v) is 5.09. The molecule has 18 heavy (non-hydrogen) atoms. The number of aryl methyl sites for hydroxylation is 1. The highest BCUT2D eigenvalue weighted by atomic mass is 19.1. The zero-order valence-corrected chi connectivity index (χ0v) is 10.8. The first-order valence-electron chi connectivity index (χ1n) is 6.31. The zero-order valence-electron chi connectivity index (χ0n) is 10.8. The first kappa shape index (κ1) is 13.0. The van der Waals surface area contributed by atoms with Crippen LogP contribution in [0.25, 0.3) is 0 Å². The summed E-state index contributed by atoms with van der Waals surface area (Å²) in [6.45, 7) is 4.47. The fourth-order valence-electron chi connectivity index (χ4n) is 2.49. The summed E-state index contributed by atoms with van der Waals surface area (Å²) in [6.07, 6.45) is 1.62. The summed E-state index contributed by atoms with van der Waals surface area (Å²) in [5, 5.41) is 0. The second kappa shape index (κ2) is 5.06. The van der Waals surface area contributed by atoms with Crippen LogP contribution in [0.2, 0.25) is 0 Å². The maximum absolute atomic E-state index is 13.2. The van der Waals surface area contributed by atoms with Crippen LogP contribution in [-0.2, 0) is 0 Å². The van der Waals surface area contributed by atoms with Crippen molar-refractivity contribution in [3.63, 3.8) is 0 Å². The summed E-state index contributed by atoms with van der Waals surface area (Å²) in [4.78, 5) is 14.2. The molecule has 1 aromatic carbocycles. The molecular formula is C14H19FN2O. The topological polar surface area (TPSA) is 46.3 Å². The minimum atomic E-state index is -0.370. The number of amides is 1. The van der Waals surface area contributed by atoms with E-state index in [4.69, 9.17) is 5.73 Å². The molecule has 1 amide bonds. The number of nitrogens with zero attached hydrogens (tertiary/aromatic N) is 1. The summed E-state index contributed by atoms with van der Waals surface area (Å²) in [6, 6.07) is 4.62. The van der Waals surface area contributed by atoms with Gasteiger partial charge in [0.1, 0.15) is 5.82 Å². The van der Waals surface area contributed by atoms with Gasteiger partial charge in [-0.3, -0.25) is 4.79 Å². The number of rotatable bonds is 1. The van der Waals surface area contributed by atoms with Crippen LogP contribution < -0.4 is 5.73 Å². The van der Waals surface area contributed by atoms with Crippen LogP contribution in [0.1, 0.15) is 35.7 Å². The molecular weight excluding hydrogens is 231 g/mol. The van der Waals surface area contributed by atoms with E-state index in [9.17, 15) is 9.18 Å². The van der Waals surface area contributed by atoms with Gasteiger partial charge in [0.15, 0.2) is 0 Å². The van der Waals surface area contributed by atoms with Crippen molar-refractivity contribution in [2.75, 3.05) is 6.54 Å². The van der Waals surface area contributed by atoms with Gasteiger partial charge in [-0.1, -0.05) is 6.07 Å². The van der Waals surface area contributed by atoms with E-state index in [1.54, 1.807) is 11.0 Å². The molecule has 1 heterocycles. The Bertz CT molecular complexity index is 461. The maximum Gasteiger partial charge on any atom is 0.254 e. The highest BCUT2D eigenvalue weighted by Crippen LogP contribution is 2.20. The average Bonchev–Trinajstić information content (AvgIpc) is 2.31. The lowest BCUT2D eigenvalue weighted by Crippen LogP contribution is -2.48. The predicted molar refractivity (Wildman–Crippen MR) is 68.8 cm³/mol. The van der Waals surface area contributed by atoms with Crippen LogP contribution in [-0.4, -0.2) is 29.4 Å². The Kier molecular flexibility index (Phi) is 3.66. The van der Waals surface area contributed by atoms with Gasteiger partial charge in [0.2, 0.25) is 0 Å². The molecule has 2 N–H and O–H groups in total. The average molecular weight is 250 g/mol. The van der Waals surface area contributed by atoms with Gasteiger partial charge in [-0.2, -0.15) is 0 Å². The monoisotopic (exact) mass is 250 g/mol. The molecule has 1 aliphatic heterocycles. The van der Waals surface area contributed by atoms with E-state index in [1.807, 2.05) is 13.8 Å². The number of benzene rings is 1. The number of likely N-dealkylation sites (tertiary alicyclic amines) is 1. The van der Waals surface area contributed by atoms with E-state index in [0.717, 1.165) is 18.4 Å². The molecule has 1 aromatic rings. The fraction of sp³-hybridized carbons (Fsp3) is 0.500. The van der Waals surface area contributed by atoms with Crippen LogP contribution in [0.3, 0.4) is 0 Å². The highest BCUT2D eigenvalue weighted by Gasteiger charge is 2.28. The lowest BCUT2D eigenvalue weighted by Gasteiger charge is -2.36. The molecule has 0 spiro atoms. The molecule has 0 bridgehead atoms. The molecule has 0 aromatic heterocycles. The van der Waals surface area contributed by atoms with Crippen molar-refractivity contribution in [2.24, 2.45) is 5.73 Å². The number of carbonyl (C=O) groups excluding carboxylic acids is 1. The zero-order chi connectivity index (χ0) is 13.3. The molecule has 4 heteroatoms. The molecule has 1 fully saturated rings. The minimum absolute atomic E-state index is 0.0913. The molecule has 98 valence electrons. The first-order valence-corrected chi connectivity index (χ1v) is 6.31. The predicted octanol–water partition coefficient (Wildman–Crippen LogP) is 2.09. The largest absolute Gasteiger partial charge is 0.336 e. The number of carbonyl (C=O) groups is 1. The lowest BCUT2D eigenvalue weighted by atomic mass is 9.97. The van der Waals surface area contributed by atoms with Gasteiger partial charge in [0.25, 0.3) is 5.91 Å². The van der Waals surface area contributed by atoms with Crippen LogP contribution in [0.4, 0.5) is 4.39 Å². The van der Waals surface area contributed by atoms with Gasteiger partial charge >= 0.3 is 0 Å². The molecule has 1 aliphatic rings. The normalized spacial score (nSPS) is 24.1. The highest BCUT2D eigenvalue weighted by molar-refractivity contribution is 5.95. The maximum atomic E-state index is 13.2. The Hall–Kier alpha value is -1.42. The third-order valence-electron chi connectivity index (χ3n) is 3.61. The van der Waals surface area contributed by atoms with Crippen LogP contribution in [0.15, 0.2) is 18.2 Å². The molecule has 1 saturated heterocycles. The summed E-state index contributed by atoms with van der Waals surface area (Å²) in [5.74, 6) is -0.461. The van der Waals surface area contributed by atoms with Crippen molar-refractivity contribution >= 4 is 5.91 Å². The van der Waals surface area contributed by atoms with Crippen molar-refractivity contribution in [1.82, 2.24) is 4.90 Å². The Morgan fingerprint density at radius 3 is 2.89 bits per heavy atom. The number of hydrogen-bond acceptors (Lipinski definition) is 2. The third kappa shape index (κ3) is 2.53. The van der Waals surface area contributed by atoms with Gasteiger partial charge < -0.3 is 10.6 Å². The quantitative estimate of drug-likeness (QED) is 0.829. The molecule has 0 saturated carbocycles. The molecule has 2 atom stereocenters. The molecule has 0 aliphatic carbocycles. The van der Waals surface area contributed by atoms with E-state index in [-0.39, 0.29) is 23.8 Å². The van der Waals surface area contributed by atoms with Crippen LogP contribution >= 0.6 is 0 Å². The number of hydrogen-bond donors (Lipinski definition) is 1. The van der Waals surface area contributed by atoms with Gasteiger partial charge in [0.05, 0.1) is 0 Å². The van der Waals surface area contributed by atoms with Gasteiger partial charge in [-0.05, 0) is 44.4 Å². The van der Waals surface area contributed by atoms with Crippen molar-refractivity contribution in [3.8, 4) is 0 Å². The molecule has 2 rings (SSSR count). The fourth-order valence-corrected chi connectivity index (χ4v) is 2.49. The van der Waals surface area contributed by atoms with Crippen LogP contribution in [0.5, 0.6) is 0 Å². The summed E-state index contributed by atoms with van der Waals surface area (Å²) in [7, 11) is 0. The second-order valence-electron chi connectivity index (χ2n) is 5.09. The van der Waals surface area contributed by atoms with E-state index in [2.05, 4.69) is 0 Å². The molecule has 2 unspecified atom stereocenters. The standard InChI is InChI=1S/C14H19FN2O/c1-9-3-4-11(15)8-13(9)14(18)17-6-5-12(16)7-10(17)2/h3-4,8,10,12H,5-7,16H2,1-2H3. The Morgan fingerprint density at radius 1 is 1.50 bits per heavy atom. The van der Waals surface area contributed by atoms with Gasteiger partial charge in [0, 0.05) is 24.2 Å². The van der Waals surface area contributed by atoms with E-state index in [0.29, 0.717) is 12.1 Å². The van der Waals surface area contributed by atoms with E-state index >= 15 is 0 Å².